The third-order valence-corrected chi connectivity index (χ3v) is 4.18. The lowest BCUT2D eigenvalue weighted by Crippen LogP contribution is -2.54. The zero-order chi connectivity index (χ0) is 19.3. The number of allylic oxidation sites excluding steroid dienone is 3. The topological polar surface area (TPSA) is 27.6 Å². The van der Waals surface area contributed by atoms with E-state index in [4.69, 9.17) is 0 Å². The molecule has 2 atom stereocenters. The van der Waals surface area contributed by atoms with Crippen LogP contribution in [0, 0.1) is 5.92 Å². The van der Waals surface area contributed by atoms with Crippen molar-refractivity contribution >= 4 is 6.21 Å². The zero-order valence-corrected chi connectivity index (χ0v) is 15.0. The summed E-state index contributed by atoms with van der Waals surface area (Å²) in [5, 5.41) is 2.96. The highest BCUT2D eigenvalue weighted by Crippen LogP contribution is 2.33. The maximum Gasteiger partial charge on any atom is 0.417 e. The van der Waals surface area contributed by atoms with Crippen molar-refractivity contribution in [1.29, 1.82) is 0 Å². The molecule has 0 spiro atoms. The van der Waals surface area contributed by atoms with E-state index in [0.717, 1.165) is 12.3 Å². The van der Waals surface area contributed by atoms with E-state index >= 15 is 0 Å². The number of likely N-dealkylation sites (N-methyl/N-ethyl adjacent to an activating group) is 1. The van der Waals surface area contributed by atoms with Gasteiger partial charge in [-0.25, -0.2) is 13.8 Å². The highest BCUT2D eigenvalue weighted by molar-refractivity contribution is 5.80. The van der Waals surface area contributed by atoms with Gasteiger partial charge in [-0.1, -0.05) is 19.9 Å². The molecule has 0 aromatic heterocycles. The number of likely N-dealkylation sites (tertiary alicyclic amines) is 1. The maximum atomic E-state index is 13.5. The highest BCUT2D eigenvalue weighted by atomic mass is 19.4. The van der Waals surface area contributed by atoms with Crippen LogP contribution in [0.25, 0.3) is 0 Å². The Morgan fingerprint density at radius 3 is 2.48 bits per heavy atom. The molecule has 0 aromatic carbocycles. The molecule has 1 rings (SSSR count). The molecule has 144 valence electrons. The Hall–Kier alpha value is -1.44. The van der Waals surface area contributed by atoms with E-state index in [0.29, 0.717) is 6.54 Å². The minimum Gasteiger partial charge on any atom is -0.369 e. The molecule has 1 heterocycles. The first kappa shape index (κ1) is 21.6. The summed E-state index contributed by atoms with van der Waals surface area (Å²) in [6, 6.07) is -0.141. The van der Waals surface area contributed by atoms with Crippen molar-refractivity contribution in [3.8, 4) is 0 Å². The van der Waals surface area contributed by atoms with Gasteiger partial charge in [0.1, 0.15) is 5.82 Å². The average molecular weight is 367 g/mol. The predicted octanol–water partition coefficient (Wildman–Crippen LogP) is 4.38. The molecule has 0 bridgehead atoms. The number of halogens is 5. The number of alkyl halides is 5. The van der Waals surface area contributed by atoms with Crippen molar-refractivity contribution in [3.63, 3.8) is 0 Å². The molecule has 1 unspecified atom stereocenters. The van der Waals surface area contributed by atoms with E-state index in [1.807, 2.05) is 0 Å². The van der Waals surface area contributed by atoms with Crippen LogP contribution in [0.1, 0.15) is 33.6 Å². The molecule has 0 amide bonds. The molecule has 1 N–H and O–H groups in total. The molecule has 1 aliphatic rings. The second kappa shape index (κ2) is 8.78. The number of aliphatic imine (C=N–C) groups is 1. The van der Waals surface area contributed by atoms with Crippen LogP contribution < -0.4 is 5.32 Å². The van der Waals surface area contributed by atoms with Crippen molar-refractivity contribution < 1.29 is 22.0 Å². The van der Waals surface area contributed by atoms with Crippen molar-refractivity contribution in [3.05, 3.63) is 23.5 Å². The van der Waals surface area contributed by atoms with E-state index in [9.17, 15) is 22.0 Å². The summed E-state index contributed by atoms with van der Waals surface area (Å²) >= 11 is 0. The monoisotopic (exact) mass is 367 g/mol. The van der Waals surface area contributed by atoms with Gasteiger partial charge in [-0.05, 0) is 32.4 Å². The maximum absolute atomic E-state index is 13.5. The van der Waals surface area contributed by atoms with Gasteiger partial charge in [0.05, 0.1) is 12.1 Å². The first-order chi connectivity index (χ1) is 11.5. The molecule has 0 saturated carbocycles. The fourth-order valence-corrected chi connectivity index (χ4v) is 2.98. The summed E-state index contributed by atoms with van der Waals surface area (Å²) in [7, 11) is 1.63. The summed E-state index contributed by atoms with van der Waals surface area (Å²) in [5.74, 6) is -2.67. The Labute approximate surface area is 145 Å². The third-order valence-electron chi connectivity index (χ3n) is 4.18. The van der Waals surface area contributed by atoms with E-state index < -0.39 is 17.7 Å². The molecule has 0 aromatic rings. The van der Waals surface area contributed by atoms with Crippen LogP contribution in [0.5, 0.6) is 0 Å². The minimum absolute atomic E-state index is 0.141. The molecule has 3 nitrogen and oxygen atoms in total. The molecule has 0 radical (unpaired) electrons. The van der Waals surface area contributed by atoms with Gasteiger partial charge in [0.25, 0.3) is 5.92 Å². The summed E-state index contributed by atoms with van der Waals surface area (Å²) in [4.78, 5) is 5.44. The quantitative estimate of drug-likeness (QED) is 0.557. The van der Waals surface area contributed by atoms with Gasteiger partial charge in [-0.3, -0.25) is 4.90 Å². The van der Waals surface area contributed by atoms with Crippen LogP contribution in [0.3, 0.4) is 0 Å². The minimum atomic E-state index is -4.46. The Morgan fingerprint density at radius 2 is 2.00 bits per heavy atom. The van der Waals surface area contributed by atoms with E-state index in [1.165, 1.54) is 0 Å². The van der Waals surface area contributed by atoms with Crippen LogP contribution in [0.4, 0.5) is 22.0 Å². The second-order valence-electron chi connectivity index (χ2n) is 6.40. The van der Waals surface area contributed by atoms with Crippen LogP contribution in [-0.2, 0) is 0 Å². The first-order valence-corrected chi connectivity index (χ1v) is 8.29. The van der Waals surface area contributed by atoms with Gasteiger partial charge in [-0.15, -0.1) is 0 Å². The fourth-order valence-electron chi connectivity index (χ4n) is 2.98. The van der Waals surface area contributed by atoms with E-state index in [1.54, 1.807) is 38.8 Å². The normalized spacial score (nSPS) is 26.3. The first-order valence-electron chi connectivity index (χ1n) is 8.29. The molecule has 8 heteroatoms. The highest BCUT2D eigenvalue weighted by Gasteiger charge is 2.42. The van der Waals surface area contributed by atoms with E-state index in [-0.39, 0.29) is 37.2 Å². The number of nitrogens with zero attached hydrogens (tertiary/aromatic N) is 2. The number of nitrogens with one attached hydrogen (secondary N) is 1. The molecular weight excluding hydrogens is 341 g/mol. The lowest BCUT2D eigenvalue weighted by atomic mass is 9.89. The lowest BCUT2D eigenvalue weighted by Gasteiger charge is -2.41. The molecule has 0 aliphatic carbocycles. The van der Waals surface area contributed by atoms with Gasteiger partial charge < -0.3 is 5.32 Å². The summed E-state index contributed by atoms with van der Waals surface area (Å²) in [6.45, 7) is 5.03. The Morgan fingerprint density at radius 1 is 1.36 bits per heavy atom. The number of rotatable bonds is 6. The van der Waals surface area contributed by atoms with E-state index in [2.05, 4.69) is 10.3 Å². The largest absolute Gasteiger partial charge is 0.417 e. The van der Waals surface area contributed by atoms with Crippen molar-refractivity contribution in [1.82, 2.24) is 10.2 Å². The molecule has 1 saturated heterocycles. The van der Waals surface area contributed by atoms with Crippen molar-refractivity contribution in [2.45, 2.75) is 51.8 Å². The predicted molar refractivity (Wildman–Crippen MR) is 89.8 cm³/mol. The van der Waals surface area contributed by atoms with Crippen LogP contribution in [0.2, 0.25) is 0 Å². The summed E-state index contributed by atoms with van der Waals surface area (Å²) < 4.78 is 65.6. The van der Waals surface area contributed by atoms with Crippen LogP contribution in [0.15, 0.2) is 28.5 Å². The molecule has 1 fully saturated rings. The summed E-state index contributed by atoms with van der Waals surface area (Å²) in [6.07, 6.45) is -1.00. The standard InChI is InChI=1S/C17H26F5N3/c1-5-7-13(17(20,21)22)9-23-15(6-2)24-10-14-12(3)8-16(18,19)11-25(14)4/h6-7,9,12,14,24H,5,8,10-11H2,1-4H3/b13-7+,15-6+,23-9-/t12-,14?/m1/s1. The molecule has 25 heavy (non-hydrogen) atoms. The molecule has 1 aliphatic heterocycles. The van der Waals surface area contributed by atoms with Gasteiger partial charge in [0.2, 0.25) is 0 Å². The fraction of sp³-hybridized carbons (Fsp3) is 0.706. The Balaban J connectivity index is 2.71. The van der Waals surface area contributed by atoms with Gasteiger partial charge in [0, 0.05) is 25.2 Å². The SMILES string of the molecule is C\C=C(/N=C\C(=C/CC)C(F)(F)F)NCC1[C@H](C)CC(F)(F)CN1C. The van der Waals surface area contributed by atoms with Crippen LogP contribution >= 0.6 is 0 Å². The third kappa shape index (κ3) is 6.76. The molecular formula is C17H26F5N3. The zero-order valence-electron chi connectivity index (χ0n) is 15.0. The second-order valence-corrected chi connectivity index (χ2v) is 6.40. The smallest absolute Gasteiger partial charge is 0.369 e. The number of hydrogen-bond donors (Lipinski definition) is 1. The average Bonchev–Trinajstić information content (AvgIpc) is 2.45. The Bertz CT molecular complexity index is 509. The van der Waals surface area contributed by atoms with Crippen molar-refractivity contribution in [2.75, 3.05) is 20.1 Å². The van der Waals surface area contributed by atoms with Crippen molar-refractivity contribution in [2.24, 2.45) is 10.9 Å². The Kier molecular flexibility index (Phi) is 7.59. The number of piperidine rings is 1. The van der Waals surface area contributed by atoms with Gasteiger partial charge in [0.15, 0.2) is 0 Å². The lowest BCUT2D eigenvalue weighted by molar-refractivity contribution is -0.0950. The van der Waals surface area contributed by atoms with Gasteiger partial charge >= 0.3 is 6.18 Å². The number of hydrogen-bond acceptors (Lipinski definition) is 3. The summed E-state index contributed by atoms with van der Waals surface area (Å²) in [5.41, 5.74) is -0.807. The van der Waals surface area contributed by atoms with Gasteiger partial charge in [-0.2, -0.15) is 13.2 Å². The van der Waals surface area contributed by atoms with Crippen LogP contribution in [-0.4, -0.2) is 49.4 Å².